The minimum Gasteiger partial charge on any atom is -0.392 e. The molecule has 38 heavy (non-hydrogen) atoms. The average molecular weight is 553 g/mol. The van der Waals surface area contributed by atoms with Gasteiger partial charge in [0, 0.05) is 17.9 Å². The number of aliphatic hydroxyl groups excluding tert-OH is 1. The second-order valence-electron chi connectivity index (χ2n) is 15.9. The van der Waals surface area contributed by atoms with Gasteiger partial charge in [-0.2, -0.15) is 8.42 Å². The van der Waals surface area contributed by atoms with Crippen molar-refractivity contribution in [3.8, 4) is 0 Å². The Bertz CT molecular complexity index is 1100. The van der Waals surface area contributed by atoms with E-state index in [0.29, 0.717) is 18.3 Å². The highest BCUT2D eigenvalue weighted by Crippen LogP contribution is 2.75. The van der Waals surface area contributed by atoms with Crippen molar-refractivity contribution in [1.29, 1.82) is 0 Å². The lowest BCUT2D eigenvalue weighted by atomic mass is 9.33. The van der Waals surface area contributed by atoms with E-state index in [4.69, 9.17) is 8.92 Å². The lowest BCUT2D eigenvalue weighted by Gasteiger charge is -2.71. The molecule has 5 aliphatic rings. The Balaban J connectivity index is 1.54. The van der Waals surface area contributed by atoms with Crippen LogP contribution in [0.25, 0.3) is 0 Å². The van der Waals surface area contributed by atoms with E-state index in [1.165, 1.54) is 19.3 Å². The number of ether oxygens (including phenoxy) is 1. The predicted octanol–water partition coefficient (Wildman–Crippen LogP) is 6.59. The largest absolute Gasteiger partial charge is 0.397 e. The first kappa shape index (κ1) is 29.0. The second kappa shape index (κ2) is 8.77. The molecule has 4 saturated carbocycles. The van der Waals surface area contributed by atoms with E-state index in [1.54, 1.807) is 5.57 Å². The molecule has 5 aliphatic carbocycles. The maximum Gasteiger partial charge on any atom is 0.397 e. The van der Waals surface area contributed by atoms with Crippen LogP contribution in [0.4, 0.5) is 0 Å². The van der Waals surface area contributed by atoms with Crippen molar-refractivity contribution in [2.75, 3.05) is 13.7 Å². The van der Waals surface area contributed by atoms with Gasteiger partial charge >= 0.3 is 10.4 Å². The summed E-state index contributed by atoms with van der Waals surface area (Å²) in [6.07, 6.45) is 11.5. The van der Waals surface area contributed by atoms with Gasteiger partial charge in [-0.05, 0) is 97.2 Å². The van der Waals surface area contributed by atoms with Gasteiger partial charge in [0.15, 0.2) is 0 Å². The summed E-state index contributed by atoms with van der Waals surface area (Å²) < 4.78 is 43.5. The van der Waals surface area contributed by atoms with Crippen LogP contribution in [0.15, 0.2) is 11.6 Å². The SMILES string of the molecule is CO[C@@H]1CC(C)(C)C[C@@H]2C3=CCC4[C@@]5(C)CC[C@H](O)C(C)(COS(=O)(=O)O)C5CC[C@@]4(C)[C@]3(C)CC[C@]21C. The van der Waals surface area contributed by atoms with Gasteiger partial charge in [-0.15, -0.1) is 0 Å². The molecular weight excluding hydrogens is 500 g/mol. The zero-order valence-electron chi connectivity index (χ0n) is 25.0. The molecule has 0 saturated heterocycles. The van der Waals surface area contributed by atoms with Crippen LogP contribution in [0.5, 0.6) is 0 Å². The number of rotatable bonds is 4. The number of fused-ring (bicyclic) bond motifs is 7. The summed E-state index contributed by atoms with van der Waals surface area (Å²) in [5.41, 5.74) is 1.56. The minimum atomic E-state index is -4.57. The van der Waals surface area contributed by atoms with E-state index in [2.05, 4.69) is 47.6 Å². The van der Waals surface area contributed by atoms with Crippen molar-refractivity contribution in [2.45, 2.75) is 118 Å². The molecule has 0 spiro atoms. The van der Waals surface area contributed by atoms with E-state index < -0.39 is 21.9 Å². The molecule has 4 fully saturated rings. The Morgan fingerprint density at radius 3 is 2.24 bits per heavy atom. The van der Waals surface area contributed by atoms with Crippen molar-refractivity contribution in [1.82, 2.24) is 0 Å². The van der Waals surface area contributed by atoms with Gasteiger partial charge in [0.2, 0.25) is 0 Å². The normalized spacial score (nSPS) is 52.2. The van der Waals surface area contributed by atoms with Crippen LogP contribution in [0.2, 0.25) is 0 Å². The van der Waals surface area contributed by atoms with Crippen molar-refractivity contribution >= 4 is 10.4 Å². The molecule has 0 aromatic heterocycles. The van der Waals surface area contributed by atoms with Crippen LogP contribution < -0.4 is 0 Å². The summed E-state index contributed by atoms with van der Waals surface area (Å²) in [6.45, 7) is 16.6. The van der Waals surface area contributed by atoms with Crippen LogP contribution in [0.3, 0.4) is 0 Å². The molecule has 0 aromatic carbocycles. The summed E-state index contributed by atoms with van der Waals surface area (Å²) in [5, 5.41) is 11.2. The number of hydrogen-bond donors (Lipinski definition) is 2. The molecule has 0 amide bonds. The van der Waals surface area contributed by atoms with E-state index in [9.17, 15) is 18.1 Å². The first-order valence-electron chi connectivity index (χ1n) is 14.9. The van der Waals surface area contributed by atoms with Crippen molar-refractivity contribution in [3.05, 3.63) is 11.6 Å². The molecule has 3 unspecified atom stereocenters. The van der Waals surface area contributed by atoms with Gasteiger partial charge < -0.3 is 9.84 Å². The van der Waals surface area contributed by atoms with E-state index >= 15 is 0 Å². The maximum absolute atomic E-state index is 11.5. The first-order valence-corrected chi connectivity index (χ1v) is 16.3. The van der Waals surface area contributed by atoms with Crippen LogP contribution >= 0.6 is 0 Å². The third kappa shape index (κ3) is 3.95. The highest BCUT2D eigenvalue weighted by Gasteiger charge is 2.69. The van der Waals surface area contributed by atoms with Crippen molar-refractivity contribution < 1.29 is 27.0 Å². The Kier molecular flexibility index (Phi) is 6.70. The van der Waals surface area contributed by atoms with Gasteiger partial charge in [-0.1, -0.05) is 60.1 Å². The summed E-state index contributed by atoms with van der Waals surface area (Å²) in [6, 6.07) is 0. The second-order valence-corrected chi connectivity index (χ2v) is 17.0. The first-order chi connectivity index (χ1) is 17.4. The van der Waals surface area contributed by atoms with E-state index in [0.717, 1.165) is 32.1 Å². The molecule has 7 heteroatoms. The lowest BCUT2D eigenvalue weighted by molar-refractivity contribution is -0.217. The number of allylic oxidation sites excluding steroid dienone is 2. The van der Waals surface area contributed by atoms with Gasteiger partial charge in [0.25, 0.3) is 0 Å². The Morgan fingerprint density at radius 1 is 0.921 bits per heavy atom. The quantitative estimate of drug-likeness (QED) is 0.302. The third-order valence-electron chi connectivity index (χ3n) is 13.7. The van der Waals surface area contributed by atoms with E-state index in [-0.39, 0.29) is 45.7 Å². The Morgan fingerprint density at radius 2 is 1.61 bits per heavy atom. The smallest absolute Gasteiger partial charge is 0.392 e. The Hall–Kier alpha value is -0.470. The molecule has 6 nitrogen and oxygen atoms in total. The van der Waals surface area contributed by atoms with Gasteiger partial charge in [0.1, 0.15) is 0 Å². The predicted molar refractivity (Wildman–Crippen MR) is 149 cm³/mol. The van der Waals surface area contributed by atoms with E-state index in [1.807, 2.05) is 14.0 Å². The number of hydrogen-bond acceptors (Lipinski definition) is 5. The van der Waals surface area contributed by atoms with Crippen LogP contribution in [0, 0.1) is 50.2 Å². The molecule has 0 aromatic rings. The minimum absolute atomic E-state index is 0.0454. The number of aliphatic hydroxyl groups is 1. The zero-order valence-corrected chi connectivity index (χ0v) is 25.8. The molecule has 0 bridgehead atoms. The standard InChI is InChI=1S/C31H52O6S/c1-26(2)17-21-20-9-10-23-28(4)13-12-24(32)29(5,19-37-38(33,34)35)22(28)11-14-31(23,7)30(20,6)16-15-27(21,3)25(18-26)36-8/h9,21-25,32H,10-19H2,1-8H3,(H,33,34,35)/t21-,22?,23?,24+,25-,27-,28+,29?,30-,31-/m1/s1. The van der Waals surface area contributed by atoms with Crippen LogP contribution in [-0.2, 0) is 19.3 Å². The van der Waals surface area contributed by atoms with Crippen LogP contribution in [0.1, 0.15) is 106 Å². The highest BCUT2D eigenvalue weighted by atomic mass is 32.3. The molecule has 0 heterocycles. The fourth-order valence-electron chi connectivity index (χ4n) is 11.2. The molecule has 218 valence electrons. The third-order valence-corrected chi connectivity index (χ3v) is 14.1. The lowest BCUT2D eigenvalue weighted by Crippen LogP contribution is -2.66. The summed E-state index contributed by atoms with van der Waals surface area (Å²) >= 11 is 0. The Labute approximate surface area is 231 Å². The maximum atomic E-state index is 11.5. The molecule has 0 aliphatic heterocycles. The average Bonchev–Trinajstić information content (AvgIpc) is 2.81. The highest BCUT2D eigenvalue weighted by molar-refractivity contribution is 7.80. The number of methoxy groups -OCH3 is 1. The molecule has 2 N–H and O–H groups in total. The molecule has 10 atom stereocenters. The molecule has 5 rings (SSSR count). The summed E-state index contributed by atoms with van der Waals surface area (Å²) in [7, 11) is -2.67. The summed E-state index contributed by atoms with van der Waals surface area (Å²) in [4.78, 5) is 0. The summed E-state index contributed by atoms with van der Waals surface area (Å²) in [5.74, 6) is 1.09. The van der Waals surface area contributed by atoms with Gasteiger partial charge in [0.05, 0.1) is 18.8 Å². The van der Waals surface area contributed by atoms with Crippen LogP contribution in [-0.4, -0.2) is 44.0 Å². The molecule has 0 radical (unpaired) electrons. The fraction of sp³-hybridized carbons (Fsp3) is 0.935. The van der Waals surface area contributed by atoms with Crippen molar-refractivity contribution in [3.63, 3.8) is 0 Å². The van der Waals surface area contributed by atoms with Gasteiger partial charge in [-0.25, -0.2) is 4.18 Å². The fourth-order valence-corrected chi connectivity index (χ4v) is 11.6. The molecular formula is C31H52O6S. The van der Waals surface area contributed by atoms with Crippen molar-refractivity contribution in [2.24, 2.45) is 50.2 Å². The van der Waals surface area contributed by atoms with Gasteiger partial charge in [-0.3, -0.25) is 4.55 Å². The zero-order chi connectivity index (χ0) is 28.2. The topological polar surface area (TPSA) is 93.1 Å². The monoisotopic (exact) mass is 552 g/mol.